The van der Waals surface area contributed by atoms with E-state index in [9.17, 15) is 9.59 Å². The van der Waals surface area contributed by atoms with E-state index in [0.29, 0.717) is 5.92 Å². The highest BCUT2D eigenvalue weighted by Gasteiger charge is 2.29. The van der Waals surface area contributed by atoms with E-state index in [1.54, 1.807) is 0 Å². The molecule has 2 N–H and O–H groups in total. The molecule has 16 heavy (non-hydrogen) atoms. The Labute approximate surface area is 97.2 Å². The minimum absolute atomic E-state index is 0.0766. The number of carbonyl (C=O) groups is 2. The molecule has 92 valence electrons. The van der Waals surface area contributed by atoms with E-state index in [2.05, 4.69) is 10.6 Å². The molecule has 0 bridgehead atoms. The largest absolute Gasteiger partial charge is 0.352 e. The van der Waals surface area contributed by atoms with Crippen molar-refractivity contribution in [1.82, 2.24) is 10.6 Å². The van der Waals surface area contributed by atoms with E-state index >= 15 is 0 Å². The first-order valence-electron chi connectivity index (χ1n) is 5.88. The lowest BCUT2D eigenvalue weighted by molar-refractivity contribution is -0.131. The van der Waals surface area contributed by atoms with Crippen LogP contribution in [0.4, 0.5) is 0 Å². The van der Waals surface area contributed by atoms with Gasteiger partial charge in [0.25, 0.3) is 0 Å². The second kappa shape index (κ2) is 4.85. The molecule has 0 radical (unpaired) electrons. The van der Waals surface area contributed by atoms with Crippen LogP contribution in [0.25, 0.3) is 0 Å². The van der Waals surface area contributed by atoms with Gasteiger partial charge in [-0.2, -0.15) is 0 Å². The van der Waals surface area contributed by atoms with Crippen molar-refractivity contribution in [3.8, 4) is 0 Å². The number of nitrogens with one attached hydrogen (secondary N) is 2. The monoisotopic (exact) mass is 226 g/mol. The molecule has 1 rings (SSSR count). The predicted molar refractivity (Wildman–Crippen MR) is 62.8 cm³/mol. The average Bonchev–Trinajstić information content (AvgIpc) is 2.95. The summed E-state index contributed by atoms with van der Waals surface area (Å²) < 4.78 is 0. The number of rotatable bonds is 4. The molecular weight excluding hydrogens is 204 g/mol. The van der Waals surface area contributed by atoms with Gasteiger partial charge in [0.05, 0.1) is 6.54 Å². The lowest BCUT2D eigenvalue weighted by Crippen LogP contribution is -2.44. The number of hydrogen-bond donors (Lipinski definition) is 2. The van der Waals surface area contributed by atoms with Gasteiger partial charge in [-0.25, -0.2) is 0 Å². The molecule has 1 aliphatic carbocycles. The van der Waals surface area contributed by atoms with Crippen molar-refractivity contribution in [3.63, 3.8) is 0 Å². The van der Waals surface area contributed by atoms with Crippen LogP contribution in [0.3, 0.4) is 0 Å². The molecule has 1 saturated carbocycles. The highest BCUT2D eigenvalue weighted by atomic mass is 16.2. The van der Waals surface area contributed by atoms with Gasteiger partial charge in [-0.05, 0) is 25.7 Å². The molecule has 1 atom stereocenters. The zero-order chi connectivity index (χ0) is 12.3. The van der Waals surface area contributed by atoms with Crippen LogP contribution in [0.15, 0.2) is 0 Å². The quantitative estimate of drug-likeness (QED) is 0.753. The summed E-state index contributed by atoms with van der Waals surface area (Å²) in [5.41, 5.74) is -0.442. The summed E-state index contributed by atoms with van der Waals surface area (Å²) in [5, 5.41) is 5.53. The number of hydrogen-bond acceptors (Lipinski definition) is 2. The molecule has 2 amide bonds. The Hall–Kier alpha value is -1.06. The first-order chi connectivity index (χ1) is 7.30. The fourth-order valence-corrected chi connectivity index (χ4v) is 1.44. The van der Waals surface area contributed by atoms with E-state index in [0.717, 1.165) is 0 Å². The van der Waals surface area contributed by atoms with Gasteiger partial charge in [0.2, 0.25) is 11.8 Å². The van der Waals surface area contributed by atoms with Crippen LogP contribution in [-0.2, 0) is 9.59 Å². The number of carbonyl (C=O) groups excluding carboxylic acids is 2. The van der Waals surface area contributed by atoms with Crippen molar-refractivity contribution in [2.45, 2.75) is 46.6 Å². The third kappa shape index (κ3) is 4.21. The van der Waals surface area contributed by atoms with Gasteiger partial charge in [0, 0.05) is 11.5 Å². The van der Waals surface area contributed by atoms with Crippen LogP contribution in [0.1, 0.15) is 40.5 Å². The Morgan fingerprint density at radius 1 is 1.31 bits per heavy atom. The van der Waals surface area contributed by atoms with E-state index in [-0.39, 0.29) is 24.4 Å². The normalized spacial score (nSPS) is 17.8. The van der Waals surface area contributed by atoms with Gasteiger partial charge < -0.3 is 10.6 Å². The van der Waals surface area contributed by atoms with Crippen molar-refractivity contribution in [1.29, 1.82) is 0 Å². The fraction of sp³-hybridized carbons (Fsp3) is 0.833. The highest BCUT2D eigenvalue weighted by Crippen LogP contribution is 2.32. The minimum Gasteiger partial charge on any atom is -0.352 e. The smallest absolute Gasteiger partial charge is 0.239 e. The van der Waals surface area contributed by atoms with E-state index in [1.165, 1.54) is 12.8 Å². The lowest BCUT2D eigenvalue weighted by atomic mass is 9.96. The number of amides is 2. The molecule has 1 unspecified atom stereocenters. The van der Waals surface area contributed by atoms with Gasteiger partial charge in [0.15, 0.2) is 0 Å². The van der Waals surface area contributed by atoms with Crippen molar-refractivity contribution >= 4 is 11.8 Å². The summed E-state index contributed by atoms with van der Waals surface area (Å²) in [7, 11) is 0. The highest BCUT2D eigenvalue weighted by molar-refractivity contribution is 5.87. The van der Waals surface area contributed by atoms with Gasteiger partial charge in [-0.1, -0.05) is 20.8 Å². The molecule has 0 aliphatic heterocycles. The summed E-state index contributed by atoms with van der Waals surface area (Å²) in [4.78, 5) is 23.0. The Morgan fingerprint density at radius 3 is 2.31 bits per heavy atom. The zero-order valence-electron chi connectivity index (χ0n) is 10.6. The third-order valence-corrected chi connectivity index (χ3v) is 2.81. The summed E-state index contributed by atoms with van der Waals surface area (Å²) in [5.74, 6) is 0.445. The molecule has 1 fully saturated rings. The van der Waals surface area contributed by atoms with E-state index < -0.39 is 5.41 Å². The van der Waals surface area contributed by atoms with Crippen molar-refractivity contribution in [3.05, 3.63) is 0 Å². The topological polar surface area (TPSA) is 58.2 Å². The van der Waals surface area contributed by atoms with E-state index in [1.807, 2.05) is 27.7 Å². The molecule has 0 spiro atoms. The summed E-state index contributed by atoms with van der Waals surface area (Å²) in [6.07, 6.45) is 2.41. The first-order valence-corrected chi connectivity index (χ1v) is 5.88. The second-order valence-corrected chi connectivity index (χ2v) is 5.63. The standard InChI is InChI=1S/C12H22N2O2/c1-8(9-5-6-9)14-10(15)7-13-11(16)12(2,3)4/h8-9H,5-7H2,1-4H3,(H,13,16)(H,14,15). The average molecular weight is 226 g/mol. The molecule has 0 heterocycles. The molecule has 0 aromatic carbocycles. The minimum atomic E-state index is -0.442. The van der Waals surface area contributed by atoms with E-state index in [4.69, 9.17) is 0 Å². The zero-order valence-corrected chi connectivity index (χ0v) is 10.6. The maximum absolute atomic E-state index is 11.5. The second-order valence-electron chi connectivity index (χ2n) is 5.63. The van der Waals surface area contributed by atoms with Gasteiger partial charge >= 0.3 is 0 Å². The van der Waals surface area contributed by atoms with Gasteiger partial charge in [-0.15, -0.1) is 0 Å². The molecular formula is C12H22N2O2. The Balaban J connectivity index is 2.21. The van der Waals surface area contributed by atoms with Crippen LogP contribution < -0.4 is 10.6 Å². The molecule has 1 aliphatic rings. The molecule has 4 heteroatoms. The van der Waals surface area contributed by atoms with Crippen molar-refractivity contribution < 1.29 is 9.59 Å². The van der Waals surface area contributed by atoms with Gasteiger partial charge in [-0.3, -0.25) is 9.59 Å². The SMILES string of the molecule is CC(NC(=O)CNC(=O)C(C)(C)C)C1CC1. The van der Waals surface area contributed by atoms with Crippen LogP contribution in [0.5, 0.6) is 0 Å². The Kier molecular flexibility index (Phi) is 3.94. The lowest BCUT2D eigenvalue weighted by Gasteiger charge is -2.18. The fourth-order valence-electron chi connectivity index (χ4n) is 1.44. The van der Waals surface area contributed by atoms with Crippen molar-refractivity contribution in [2.75, 3.05) is 6.54 Å². The molecule has 4 nitrogen and oxygen atoms in total. The Bertz CT molecular complexity index is 277. The molecule has 0 saturated heterocycles. The van der Waals surface area contributed by atoms with Crippen LogP contribution in [0.2, 0.25) is 0 Å². The van der Waals surface area contributed by atoms with Crippen LogP contribution >= 0.6 is 0 Å². The molecule has 0 aromatic rings. The first kappa shape index (κ1) is 13.0. The summed E-state index contributed by atoms with van der Waals surface area (Å²) >= 11 is 0. The molecule has 0 aromatic heterocycles. The predicted octanol–water partition coefficient (Wildman–Crippen LogP) is 1.06. The Morgan fingerprint density at radius 2 is 1.88 bits per heavy atom. The van der Waals surface area contributed by atoms with Gasteiger partial charge in [0.1, 0.15) is 0 Å². The maximum Gasteiger partial charge on any atom is 0.239 e. The van der Waals surface area contributed by atoms with Crippen molar-refractivity contribution in [2.24, 2.45) is 11.3 Å². The van der Waals surface area contributed by atoms with Crippen LogP contribution in [0, 0.1) is 11.3 Å². The third-order valence-electron chi connectivity index (χ3n) is 2.81. The summed E-state index contributed by atoms with van der Waals surface area (Å²) in [6, 6.07) is 0.235. The maximum atomic E-state index is 11.5. The summed E-state index contributed by atoms with van der Waals surface area (Å²) in [6.45, 7) is 7.57. The van der Waals surface area contributed by atoms with Crippen LogP contribution in [-0.4, -0.2) is 24.4 Å².